The topological polar surface area (TPSA) is 64.4 Å². The predicted octanol–water partition coefficient (Wildman–Crippen LogP) is 3.34. The molecule has 0 saturated carbocycles. The van der Waals surface area contributed by atoms with Gasteiger partial charge in [0.25, 0.3) is 0 Å². The Labute approximate surface area is 118 Å². The summed E-state index contributed by atoms with van der Waals surface area (Å²) >= 11 is 2.05. The van der Waals surface area contributed by atoms with E-state index in [0.29, 0.717) is 5.88 Å². The molecule has 0 aliphatic rings. The van der Waals surface area contributed by atoms with Gasteiger partial charge >= 0.3 is 6.09 Å². The van der Waals surface area contributed by atoms with E-state index >= 15 is 0 Å². The second-order valence-electron chi connectivity index (χ2n) is 3.60. The molecule has 94 valence electrons. The average Bonchev–Trinajstić information content (AvgIpc) is 2.70. The van der Waals surface area contributed by atoms with Crippen LogP contribution in [0.1, 0.15) is 11.3 Å². The van der Waals surface area contributed by atoms with Crippen molar-refractivity contribution < 1.29 is 14.1 Å². The molecule has 0 fully saturated rings. The van der Waals surface area contributed by atoms with Crippen molar-refractivity contribution in [3.05, 3.63) is 45.2 Å². The Hall–Kier alpha value is -1.57. The van der Waals surface area contributed by atoms with Gasteiger partial charge in [-0.1, -0.05) is 35.5 Å². The van der Waals surface area contributed by atoms with Gasteiger partial charge in [-0.2, -0.15) is 0 Å². The van der Waals surface area contributed by atoms with E-state index in [-0.39, 0.29) is 6.61 Å². The molecule has 0 bridgehead atoms. The molecule has 0 radical (unpaired) electrons. The normalized spacial score (nSPS) is 10.1. The third-order valence-corrected chi connectivity index (χ3v) is 3.49. The first-order chi connectivity index (χ1) is 8.66. The van der Waals surface area contributed by atoms with E-state index in [4.69, 9.17) is 9.26 Å². The molecule has 0 unspecified atom stereocenters. The minimum Gasteiger partial charge on any atom is -0.444 e. The molecular weight excluding hydrogens is 347 g/mol. The summed E-state index contributed by atoms with van der Waals surface area (Å²) in [7, 11) is 0. The maximum atomic E-state index is 11.5. The van der Waals surface area contributed by atoms with Crippen molar-refractivity contribution in [3.63, 3.8) is 0 Å². The van der Waals surface area contributed by atoms with E-state index in [1.54, 1.807) is 6.92 Å². The lowest BCUT2D eigenvalue weighted by Gasteiger charge is -2.04. The lowest BCUT2D eigenvalue weighted by atomic mass is 10.2. The molecule has 2 aromatic rings. The summed E-state index contributed by atoms with van der Waals surface area (Å²) in [5.74, 6) is 0.311. The second-order valence-corrected chi connectivity index (χ2v) is 4.68. The molecule has 1 aromatic carbocycles. The minimum atomic E-state index is -0.562. The van der Waals surface area contributed by atoms with E-state index < -0.39 is 6.09 Å². The monoisotopic (exact) mass is 358 g/mol. The number of benzene rings is 1. The molecule has 1 aromatic heterocycles. The van der Waals surface area contributed by atoms with Crippen LogP contribution in [-0.4, -0.2) is 11.2 Å². The first-order valence-corrected chi connectivity index (χ1v) is 6.34. The first-order valence-electron chi connectivity index (χ1n) is 5.26. The molecule has 18 heavy (non-hydrogen) atoms. The summed E-state index contributed by atoms with van der Waals surface area (Å²) in [6, 6.07) is 9.45. The number of carbonyl (C=O) groups excluding carboxylic acids is 1. The fourth-order valence-corrected chi connectivity index (χ4v) is 1.62. The van der Waals surface area contributed by atoms with Gasteiger partial charge in [0, 0.05) is 0 Å². The lowest BCUT2D eigenvalue weighted by Crippen LogP contribution is -2.13. The van der Waals surface area contributed by atoms with Crippen LogP contribution in [0.4, 0.5) is 10.7 Å². The Morgan fingerprint density at radius 1 is 1.44 bits per heavy atom. The minimum absolute atomic E-state index is 0.219. The number of amides is 1. The van der Waals surface area contributed by atoms with Gasteiger partial charge in [0.15, 0.2) is 0 Å². The highest BCUT2D eigenvalue weighted by Crippen LogP contribution is 2.21. The highest BCUT2D eigenvalue weighted by Gasteiger charge is 2.13. The number of nitrogens with one attached hydrogen (secondary N) is 1. The van der Waals surface area contributed by atoms with Gasteiger partial charge in [0.1, 0.15) is 10.2 Å². The van der Waals surface area contributed by atoms with Gasteiger partial charge in [0.2, 0.25) is 5.88 Å². The van der Waals surface area contributed by atoms with Crippen LogP contribution in [0, 0.1) is 10.5 Å². The van der Waals surface area contributed by atoms with Crippen LogP contribution in [0.25, 0.3) is 0 Å². The number of aryl methyl sites for hydroxylation is 1. The number of hydrogen-bond donors (Lipinski definition) is 1. The molecule has 0 atom stereocenters. The molecule has 1 amide bonds. The third kappa shape index (κ3) is 3.22. The van der Waals surface area contributed by atoms with Crippen molar-refractivity contribution in [1.29, 1.82) is 0 Å². The number of rotatable bonds is 3. The fourth-order valence-electron chi connectivity index (χ4n) is 1.29. The number of halogens is 1. The number of aromatic nitrogens is 1. The van der Waals surface area contributed by atoms with Crippen LogP contribution < -0.4 is 5.32 Å². The predicted molar refractivity (Wildman–Crippen MR) is 74.2 cm³/mol. The zero-order valence-electron chi connectivity index (χ0n) is 9.64. The summed E-state index contributed by atoms with van der Waals surface area (Å²) in [6.07, 6.45) is -0.562. The van der Waals surface area contributed by atoms with E-state index in [1.807, 2.05) is 52.9 Å². The molecular formula is C12H11IN2O3. The van der Waals surface area contributed by atoms with Crippen molar-refractivity contribution in [2.24, 2.45) is 0 Å². The molecule has 6 heteroatoms. The maximum absolute atomic E-state index is 11.5. The summed E-state index contributed by atoms with van der Waals surface area (Å²) in [5.41, 5.74) is 1.66. The van der Waals surface area contributed by atoms with Crippen molar-refractivity contribution in [3.8, 4) is 0 Å². The number of anilines is 1. The molecule has 1 N–H and O–H groups in total. The highest BCUT2D eigenvalue weighted by atomic mass is 127. The Bertz CT molecular complexity index is 540. The Kier molecular flexibility index (Phi) is 4.19. The summed E-state index contributed by atoms with van der Waals surface area (Å²) in [6.45, 7) is 2.02. The van der Waals surface area contributed by atoms with Gasteiger partial charge in [-0.3, -0.25) is 5.32 Å². The molecule has 5 nitrogen and oxygen atoms in total. The average molecular weight is 358 g/mol. The summed E-state index contributed by atoms with van der Waals surface area (Å²) in [4.78, 5) is 11.5. The number of ether oxygens (including phenoxy) is 1. The van der Waals surface area contributed by atoms with E-state index in [2.05, 4.69) is 10.5 Å². The maximum Gasteiger partial charge on any atom is 0.414 e. The largest absolute Gasteiger partial charge is 0.444 e. The van der Waals surface area contributed by atoms with Crippen molar-refractivity contribution in [1.82, 2.24) is 5.16 Å². The van der Waals surface area contributed by atoms with Crippen LogP contribution in [0.5, 0.6) is 0 Å². The second kappa shape index (κ2) is 5.85. The van der Waals surface area contributed by atoms with Crippen LogP contribution in [-0.2, 0) is 11.3 Å². The van der Waals surface area contributed by atoms with E-state index in [9.17, 15) is 4.79 Å². The van der Waals surface area contributed by atoms with Gasteiger partial charge in [-0.15, -0.1) is 0 Å². The quantitative estimate of drug-likeness (QED) is 0.855. The lowest BCUT2D eigenvalue weighted by molar-refractivity contribution is 0.154. The summed E-state index contributed by atoms with van der Waals surface area (Å²) < 4.78 is 10.8. The number of hydrogen-bond acceptors (Lipinski definition) is 4. The zero-order valence-corrected chi connectivity index (χ0v) is 11.8. The Balaban J connectivity index is 1.88. The molecule has 0 aliphatic carbocycles. The van der Waals surface area contributed by atoms with Crippen molar-refractivity contribution >= 4 is 34.6 Å². The van der Waals surface area contributed by atoms with Crippen molar-refractivity contribution in [2.75, 3.05) is 5.32 Å². The Morgan fingerprint density at radius 2 is 2.17 bits per heavy atom. The fraction of sp³-hybridized carbons (Fsp3) is 0.167. The van der Waals surface area contributed by atoms with Crippen molar-refractivity contribution in [2.45, 2.75) is 13.5 Å². The van der Waals surface area contributed by atoms with Crippen LogP contribution in [0.3, 0.4) is 0 Å². The molecule has 1 heterocycles. The Morgan fingerprint density at radius 3 is 2.78 bits per heavy atom. The van der Waals surface area contributed by atoms with Crippen LogP contribution in [0.2, 0.25) is 0 Å². The van der Waals surface area contributed by atoms with Crippen LogP contribution in [0.15, 0.2) is 34.9 Å². The molecule has 0 saturated heterocycles. The number of nitrogens with zero attached hydrogens (tertiary/aromatic N) is 1. The molecule has 0 spiro atoms. The third-order valence-electron chi connectivity index (χ3n) is 2.22. The zero-order chi connectivity index (χ0) is 13.0. The van der Waals surface area contributed by atoms with Gasteiger partial charge in [0.05, 0.1) is 5.69 Å². The van der Waals surface area contributed by atoms with Gasteiger partial charge in [-0.05, 0) is 35.1 Å². The standard InChI is InChI=1S/C12H11IN2O3/c1-8-10(13)11(18-15-8)14-12(16)17-7-9-5-3-2-4-6-9/h2-6H,7H2,1H3,(H,14,16). The molecule has 0 aliphatic heterocycles. The first kappa shape index (κ1) is 12.9. The molecule has 2 rings (SSSR count). The van der Waals surface area contributed by atoms with Crippen LogP contribution >= 0.6 is 22.6 Å². The van der Waals surface area contributed by atoms with E-state index in [1.165, 1.54) is 0 Å². The summed E-state index contributed by atoms with van der Waals surface area (Å²) in [5, 5.41) is 6.24. The highest BCUT2D eigenvalue weighted by molar-refractivity contribution is 14.1. The van der Waals surface area contributed by atoms with E-state index in [0.717, 1.165) is 14.8 Å². The van der Waals surface area contributed by atoms with Gasteiger partial charge in [-0.25, -0.2) is 4.79 Å². The number of carbonyl (C=O) groups is 1. The SMILES string of the molecule is Cc1noc(NC(=O)OCc2ccccc2)c1I. The van der Waals surface area contributed by atoms with Gasteiger partial charge < -0.3 is 9.26 Å². The smallest absolute Gasteiger partial charge is 0.414 e.